The minimum Gasteiger partial charge on any atom is -0.322 e. The van der Waals surface area contributed by atoms with Crippen molar-refractivity contribution in [2.75, 3.05) is 18.0 Å². The van der Waals surface area contributed by atoms with E-state index in [1.54, 1.807) is 29.2 Å². The highest BCUT2D eigenvalue weighted by molar-refractivity contribution is 6.30. The molecule has 3 aromatic carbocycles. The molecule has 2 unspecified atom stereocenters. The predicted molar refractivity (Wildman–Crippen MR) is 134 cm³/mol. The lowest BCUT2D eigenvalue weighted by Gasteiger charge is -2.41. The van der Waals surface area contributed by atoms with Crippen molar-refractivity contribution in [2.45, 2.75) is 24.9 Å². The van der Waals surface area contributed by atoms with Crippen LogP contribution in [0.25, 0.3) is 0 Å². The fourth-order valence-corrected chi connectivity index (χ4v) is 4.91. The van der Waals surface area contributed by atoms with Gasteiger partial charge in [-0.3, -0.25) is 9.69 Å². The van der Waals surface area contributed by atoms with Gasteiger partial charge in [0, 0.05) is 29.6 Å². The molecule has 3 aromatic rings. The summed E-state index contributed by atoms with van der Waals surface area (Å²) in [6, 6.07) is 26.3. The van der Waals surface area contributed by atoms with Crippen LogP contribution in [0.15, 0.2) is 84.9 Å². The third-order valence-electron chi connectivity index (χ3n) is 6.37. The number of carbonyl (C=O) groups excluding carboxylic acids is 2. The van der Waals surface area contributed by atoms with Gasteiger partial charge in [-0.15, -0.1) is 0 Å². The van der Waals surface area contributed by atoms with Crippen molar-refractivity contribution in [1.82, 2.24) is 9.80 Å². The van der Waals surface area contributed by atoms with Crippen LogP contribution >= 0.6 is 11.6 Å². The Morgan fingerprint density at radius 3 is 1.85 bits per heavy atom. The SMILES string of the molecule is O=C(N1CC2CCC(C1)N2C(=O)C#Cc1ccc(Cl)cc1)N(c1ccccc1)c1ccccc1. The number of piperazine rings is 1. The van der Waals surface area contributed by atoms with Crippen LogP contribution in [0.3, 0.4) is 0 Å². The fraction of sp³-hybridized carbons (Fsp3) is 0.214. The predicted octanol–water partition coefficient (Wildman–Crippen LogP) is 5.33. The second kappa shape index (κ2) is 9.62. The van der Waals surface area contributed by atoms with E-state index in [2.05, 4.69) is 11.8 Å². The number of nitrogens with zero attached hydrogens (tertiary/aromatic N) is 3. The highest BCUT2D eigenvalue weighted by Gasteiger charge is 2.44. The normalized spacial score (nSPS) is 18.7. The lowest BCUT2D eigenvalue weighted by Crippen LogP contribution is -2.58. The molecular formula is C28H24ClN3O2. The molecule has 0 radical (unpaired) electrons. The van der Waals surface area contributed by atoms with Crippen molar-refractivity contribution in [3.63, 3.8) is 0 Å². The van der Waals surface area contributed by atoms with Crippen molar-refractivity contribution < 1.29 is 9.59 Å². The number of carbonyl (C=O) groups is 2. The monoisotopic (exact) mass is 469 g/mol. The van der Waals surface area contributed by atoms with Gasteiger partial charge in [-0.05, 0) is 61.4 Å². The lowest BCUT2D eigenvalue weighted by molar-refractivity contribution is -0.130. The largest absolute Gasteiger partial charge is 0.329 e. The van der Waals surface area contributed by atoms with Crippen LogP contribution < -0.4 is 4.90 Å². The molecule has 0 spiro atoms. The first-order valence-corrected chi connectivity index (χ1v) is 11.8. The summed E-state index contributed by atoms with van der Waals surface area (Å²) >= 11 is 5.92. The Bertz CT molecular complexity index is 1180. The van der Waals surface area contributed by atoms with Gasteiger partial charge in [-0.1, -0.05) is 53.9 Å². The molecule has 0 N–H and O–H groups in total. The minimum absolute atomic E-state index is 0.0249. The number of para-hydroxylation sites is 2. The summed E-state index contributed by atoms with van der Waals surface area (Å²) in [6.07, 6.45) is 1.75. The Morgan fingerprint density at radius 1 is 0.794 bits per heavy atom. The van der Waals surface area contributed by atoms with Gasteiger partial charge in [0.1, 0.15) is 0 Å². The number of rotatable bonds is 2. The maximum absolute atomic E-state index is 13.7. The summed E-state index contributed by atoms with van der Waals surface area (Å²) in [5.74, 6) is 5.55. The molecule has 5 nitrogen and oxygen atoms in total. The number of likely N-dealkylation sites (tertiary alicyclic amines) is 1. The minimum atomic E-state index is -0.183. The van der Waals surface area contributed by atoms with Crippen molar-refractivity contribution in [2.24, 2.45) is 0 Å². The van der Waals surface area contributed by atoms with Gasteiger partial charge in [-0.25, -0.2) is 4.79 Å². The Balaban J connectivity index is 1.34. The Kier molecular flexibility index (Phi) is 6.24. The topological polar surface area (TPSA) is 43.9 Å². The highest BCUT2D eigenvalue weighted by Crippen LogP contribution is 2.33. The van der Waals surface area contributed by atoms with E-state index in [0.29, 0.717) is 18.1 Å². The van der Waals surface area contributed by atoms with E-state index in [-0.39, 0.29) is 24.0 Å². The molecule has 2 atom stereocenters. The molecule has 0 aromatic heterocycles. The van der Waals surface area contributed by atoms with Gasteiger partial charge in [0.25, 0.3) is 5.91 Å². The van der Waals surface area contributed by atoms with Crippen LogP contribution in [0.1, 0.15) is 18.4 Å². The fourth-order valence-electron chi connectivity index (χ4n) is 4.78. The van der Waals surface area contributed by atoms with Crippen molar-refractivity contribution >= 4 is 34.9 Å². The number of hydrogen-bond acceptors (Lipinski definition) is 2. The molecule has 2 bridgehead atoms. The van der Waals surface area contributed by atoms with Gasteiger partial charge < -0.3 is 9.80 Å². The van der Waals surface area contributed by atoms with Crippen LogP contribution in [-0.2, 0) is 4.79 Å². The van der Waals surface area contributed by atoms with Crippen molar-refractivity contribution in [3.8, 4) is 11.8 Å². The zero-order chi connectivity index (χ0) is 23.5. The molecule has 6 heteroatoms. The first-order chi connectivity index (χ1) is 16.6. The van der Waals surface area contributed by atoms with E-state index in [1.165, 1.54) is 0 Å². The molecule has 2 heterocycles. The van der Waals surface area contributed by atoms with E-state index in [4.69, 9.17) is 11.6 Å². The zero-order valence-corrected chi connectivity index (χ0v) is 19.4. The molecule has 2 aliphatic rings. The van der Waals surface area contributed by atoms with E-state index >= 15 is 0 Å². The molecule has 34 heavy (non-hydrogen) atoms. The van der Waals surface area contributed by atoms with Crippen LogP contribution in [0.4, 0.5) is 16.2 Å². The van der Waals surface area contributed by atoms with Gasteiger partial charge in [0.05, 0.1) is 23.5 Å². The Morgan fingerprint density at radius 2 is 1.32 bits per heavy atom. The summed E-state index contributed by atoms with van der Waals surface area (Å²) in [5, 5.41) is 0.635. The number of anilines is 2. The zero-order valence-electron chi connectivity index (χ0n) is 18.6. The molecule has 2 saturated heterocycles. The smallest absolute Gasteiger partial charge is 0.322 e. The molecule has 5 rings (SSSR count). The quantitative estimate of drug-likeness (QED) is 0.476. The first-order valence-electron chi connectivity index (χ1n) is 11.4. The third-order valence-corrected chi connectivity index (χ3v) is 6.62. The van der Waals surface area contributed by atoms with Crippen LogP contribution in [0.2, 0.25) is 5.02 Å². The van der Waals surface area contributed by atoms with Crippen LogP contribution in [0, 0.1) is 11.8 Å². The number of hydrogen-bond donors (Lipinski definition) is 0. The third kappa shape index (κ3) is 4.50. The number of amides is 3. The number of halogens is 1. The molecule has 170 valence electrons. The molecule has 2 fully saturated rings. The average Bonchev–Trinajstić information content (AvgIpc) is 3.14. The van der Waals surface area contributed by atoms with Gasteiger partial charge in [0.2, 0.25) is 0 Å². The van der Waals surface area contributed by atoms with Gasteiger partial charge >= 0.3 is 6.03 Å². The van der Waals surface area contributed by atoms with E-state index in [1.807, 2.05) is 70.5 Å². The standard InChI is InChI=1S/C28H24ClN3O2/c29-22-14-11-21(12-15-22)13-18-27(33)31-25-16-17-26(31)20-30(19-25)28(34)32(23-7-3-1-4-8-23)24-9-5-2-6-10-24/h1-12,14-15,25-26H,16-17,19-20H2. The highest BCUT2D eigenvalue weighted by atomic mass is 35.5. The number of benzene rings is 3. The molecule has 0 aliphatic carbocycles. The summed E-state index contributed by atoms with van der Waals surface area (Å²) in [7, 11) is 0. The summed E-state index contributed by atoms with van der Waals surface area (Å²) in [5.41, 5.74) is 2.39. The molecular weight excluding hydrogens is 446 g/mol. The summed E-state index contributed by atoms with van der Waals surface area (Å²) in [6.45, 7) is 1.000. The Hall–Kier alpha value is -3.75. The van der Waals surface area contributed by atoms with Crippen molar-refractivity contribution in [1.29, 1.82) is 0 Å². The second-order valence-electron chi connectivity index (χ2n) is 8.55. The maximum Gasteiger partial charge on any atom is 0.329 e. The van der Waals surface area contributed by atoms with E-state index in [0.717, 1.165) is 29.8 Å². The maximum atomic E-state index is 13.7. The average molecular weight is 470 g/mol. The summed E-state index contributed by atoms with van der Waals surface area (Å²) < 4.78 is 0. The molecule has 2 aliphatic heterocycles. The van der Waals surface area contributed by atoms with Crippen LogP contribution in [0.5, 0.6) is 0 Å². The number of urea groups is 1. The lowest BCUT2D eigenvalue weighted by atomic mass is 10.1. The molecule has 0 saturated carbocycles. The van der Waals surface area contributed by atoms with E-state index < -0.39 is 0 Å². The first kappa shape index (κ1) is 22.1. The second-order valence-corrected chi connectivity index (χ2v) is 8.98. The van der Waals surface area contributed by atoms with E-state index in [9.17, 15) is 9.59 Å². The van der Waals surface area contributed by atoms with Crippen molar-refractivity contribution in [3.05, 3.63) is 95.5 Å². The van der Waals surface area contributed by atoms with Gasteiger partial charge in [-0.2, -0.15) is 0 Å². The molecule has 3 amide bonds. The number of fused-ring (bicyclic) bond motifs is 2. The van der Waals surface area contributed by atoms with Gasteiger partial charge in [0.15, 0.2) is 0 Å². The van der Waals surface area contributed by atoms with Crippen LogP contribution in [-0.4, -0.2) is 46.9 Å². The summed E-state index contributed by atoms with van der Waals surface area (Å²) in [4.78, 5) is 32.2. The Labute approximate surface area is 204 Å².